The summed E-state index contributed by atoms with van der Waals surface area (Å²) in [6.45, 7) is 4.07. The molecule has 2 heterocycles. The molecule has 2 aromatic carbocycles. The third-order valence-electron chi connectivity index (χ3n) is 5.65. The number of hydrogen-bond acceptors (Lipinski definition) is 6. The molecule has 2 aliphatic rings. The third-order valence-corrected chi connectivity index (χ3v) is 7.24. The van der Waals surface area contributed by atoms with Crippen LogP contribution in [0.4, 0.5) is 0 Å². The zero-order chi connectivity index (χ0) is 21.5. The predicted octanol–water partition coefficient (Wildman–Crippen LogP) is 3.28. The van der Waals surface area contributed by atoms with Crippen LogP contribution in [0.3, 0.4) is 0 Å². The van der Waals surface area contributed by atoms with Crippen LogP contribution in [0.25, 0.3) is 0 Å². The summed E-state index contributed by atoms with van der Waals surface area (Å²) in [6.07, 6.45) is -0.992. The van der Waals surface area contributed by atoms with Crippen molar-refractivity contribution in [3.63, 3.8) is 0 Å². The van der Waals surface area contributed by atoms with Gasteiger partial charge in [-0.3, -0.25) is 4.79 Å². The summed E-state index contributed by atoms with van der Waals surface area (Å²) in [5.74, 6) is -1.25. The summed E-state index contributed by atoms with van der Waals surface area (Å²) in [6, 6.07) is 17.6. The van der Waals surface area contributed by atoms with Crippen LogP contribution in [0.5, 0.6) is 0 Å². The first-order chi connectivity index (χ1) is 14.3. The number of rotatable bonds is 5. The summed E-state index contributed by atoms with van der Waals surface area (Å²) >= 11 is 1.55. The molecule has 0 aliphatic carbocycles. The van der Waals surface area contributed by atoms with Gasteiger partial charge in [0.1, 0.15) is 12.6 Å². The SMILES string of the molecule is CC1(C)SC2C(C(O)c3ccc(C(=O)OCc4ccccc4)cc3)C(=O)N2C1C#N. The Balaban J connectivity index is 1.41. The number of aliphatic hydroxyl groups is 1. The van der Waals surface area contributed by atoms with Crippen LogP contribution in [-0.4, -0.2) is 38.0 Å². The second-order valence-corrected chi connectivity index (χ2v) is 9.81. The third kappa shape index (κ3) is 3.47. The molecule has 0 bridgehead atoms. The monoisotopic (exact) mass is 422 g/mol. The van der Waals surface area contributed by atoms with E-state index in [4.69, 9.17) is 4.74 Å². The number of β-lactam (4-membered cyclic amide) rings is 1. The zero-order valence-corrected chi connectivity index (χ0v) is 17.5. The Kier molecular flexibility index (Phi) is 5.31. The van der Waals surface area contributed by atoms with Crippen molar-refractivity contribution in [3.8, 4) is 6.07 Å². The average molecular weight is 423 g/mol. The van der Waals surface area contributed by atoms with Crippen LogP contribution in [0.2, 0.25) is 0 Å². The smallest absolute Gasteiger partial charge is 0.338 e. The average Bonchev–Trinajstić information content (AvgIpc) is 2.99. The normalized spacial score (nSPS) is 25.1. The van der Waals surface area contributed by atoms with Crippen molar-refractivity contribution in [2.24, 2.45) is 5.92 Å². The van der Waals surface area contributed by atoms with Gasteiger partial charge in [0.15, 0.2) is 0 Å². The molecule has 154 valence electrons. The number of thioether (sulfide) groups is 1. The molecule has 7 heteroatoms. The molecule has 4 atom stereocenters. The molecule has 6 nitrogen and oxygen atoms in total. The Labute approximate surface area is 179 Å². The lowest BCUT2D eigenvalue weighted by atomic mass is 9.85. The van der Waals surface area contributed by atoms with Crippen LogP contribution < -0.4 is 0 Å². The maximum Gasteiger partial charge on any atom is 0.338 e. The molecule has 1 N–H and O–H groups in total. The number of aliphatic hydroxyl groups excluding tert-OH is 1. The molecular formula is C23H22N2O4S. The number of ether oxygens (including phenoxy) is 1. The molecule has 2 fully saturated rings. The molecule has 0 aromatic heterocycles. The second-order valence-electron chi connectivity index (χ2n) is 8.04. The van der Waals surface area contributed by atoms with E-state index in [9.17, 15) is 20.0 Å². The number of benzene rings is 2. The Morgan fingerprint density at radius 1 is 1.23 bits per heavy atom. The van der Waals surface area contributed by atoms with E-state index in [1.54, 1.807) is 40.9 Å². The van der Waals surface area contributed by atoms with Gasteiger partial charge in [-0.1, -0.05) is 42.5 Å². The number of esters is 1. The Bertz CT molecular complexity index is 1000. The fourth-order valence-corrected chi connectivity index (χ4v) is 5.63. The van der Waals surface area contributed by atoms with E-state index in [0.29, 0.717) is 11.1 Å². The fraction of sp³-hybridized carbons (Fsp3) is 0.348. The number of hydrogen-bond donors (Lipinski definition) is 1. The Hall–Kier alpha value is -2.82. The quantitative estimate of drug-likeness (QED) is 0.587. The van der Waals surface area contributed by atoms with Crippen LogP contribution in [0, 0.1) is 17.2 Å². The highest BCUT2D eigenvalue weighted by Crippen LogP contribution is 2.55. The van der Waals surface area contributed by atoms with E-state index in [-0.39, 0.29) is 22.6 Å². The first-order valence-electron chi connectivity index (χ1n) is 9.72. The highest BCUT2D eigenvalue weighted by molar-refractivity contribution is 8.01. The van der Waals surface area contributed by atoms with Gasteiger partial charge in [0.05, 0.1) is 29.0 Å². The molecule has 4 rings (SSSR count). The number of fused-ring (bicyclic) bond motifs is 1. The van der Waals surface area contributed by atoms with Crippen LogP contribution in [0.1, 0.15) is 41.4 Å². The number of carbonyl (C=O) groups excluding carboxylic acids is 2. The largest absolute Gasteiger partial charge is 0.457 e. The van der Waals surface area contributed by atoms with Gasteiger partial charge in [-0.05, 0) is 37.1 Å². The minimum absolute atomic E-state index is 0.186. The second kappa shape index (κ2) is 7.78. The molecule has 2 aliphatic heterocycles. The number of nitrogens with zero attached hydrogens (tertiary/aromatic N) is 2. The molecule has 2 saturated heterocycles. The van der Waals surface area contributed by atoms with Crippen molar-refractivity contribution in [1.82, 2.24) is 4.90 Å². The van der Waals surface area contributed by atoms with Crippen molar-refractivity contribution >= 4 is 23.6 Å². The molecular weight excluding hydrogens is 400 g/mol. The van der Waals surface area contributed by atoms with E-state index in [1.165, 1.54) is 0 Å². The minimum atomic E-state index is -0.992. The van der Waals surface area contributed by atoms with Crippen molar-refractivity contribution in [2.75, 3.05) is 0 Å². The predicted molar refractivity (Wildman–Crippen MR) is 112 cm³/mol. The lowest BCUT2D eigenvalue weighted by molar-refractivity contribution is -0.159. The maximum absolute atomic E-state index is 12.6. The van der Waals surface area contributed by atoms with Gasteiger partial charge in [-0.2, -0.15) is 5.26 Å². The summed E-state index contributed by atoms with van der Waals surface area (Å²) < 4.78 is 4.94. The van der Waals surface area contributed by atoms with Gasteiger partial charge in [0, 0.05) is 4.75 Å². The van der Waals surface area contributed by atoms with Gasteiger partial charge in [-0.25, -0.2) is 4.79 Å². The van der Waals surface area contributed by atoms with Crippen molar-refractivity contribution in [1.29, 1.82) is 5.26 Å². The minimum Gasteiger partial charge on any atom is -0.457 e. The summed E-state index contributed by atoms with van der Waals surface area (Å²) in [7, 11) is 0. The summed E-state index contributed by atoms with van der Waals surface area (Å²) in [5, 5.41) is 20.0. The van der Waals surface area contributed by atoms with Gasteiger partial charge in [0.25, 0.3) is 0 Å². The first-order valence-corrected chi connectivity index (χ1v) is 10.6. The van der Waals surface area contributed by atoms with Gasteiger partial charge >= 0.3 is 5.97 Å². The Morgan fingerprint density at radius 2 is 1.90 bits per heavy atom. The van der Waals surface area contributed by atoms with E-state index in [2.05, 4.69) is 6.07 Å². The molecule has 2 aromatic rings. The Morgan fingerprint density at radius 3 is 2.53 bits per heavy atom. The van der Waals surface area contributed by atoms with Gasteiger partial charge in [-0.15, -0.1) is 11.8 Å². The number of carbonyl (C=O) groups is 2. The first kappa shape index (κ1) is 20.5. The fourth-order valence-electron chi connectivity index (χ4n) is 3.96. The highest BCUT2D eigenvalue weighted by Gasteiger charge is 2.63. The molecule has 0 saturated carbocycles. The molecule has 30 heavy (non-hydrogen) atoms. The highest BCUT2D eigenvalue weighted by atomic mass is 32.2. The molecule has 0 radical (unpaired) electrons. The maximum atomic E-state index is 12.6. The van der Waals surface area contributed by atoms with Crippen LogP contribution >= 0.6 is 11.8 Å². The summed E-state index contributed by atoms with van der Waals surface area (Å²) in [4.78, 5) is 26.5. The van der Waals surface area contributed by atoms with Crippen LogP contribution in [-0.2, 0) is 16.1 Å². The molecule has 0 spiro atoms. The topological polar surface area (TPSA) is 90.6 Å². The molecule has 4 unspecified atom stereocenters. The lowest BCUT2D eigenvalue weighted by Gasteiger charge is -2.45. The summed E-state index contributed by atoms with van der Waals surface area (Å²) in [5.41, 5.74) is 1.84. The van der Waals surface area contributed by atoms with E-state index >= 15 is 0 Å². The van der Waals surface area contributed by atoms with Crippen molar-refractivity contribution in [3.05, 3.63) is 71.3 Å². The standard InChI is InChI=1S/C23H22N2O4S/c1-23(2)17(12-24)25-20(27)18(21(25)30-23)19(26)15-8-10-16(11-9-15)22(28)29-13-14-6-4-3-5-7-14/h3-11,17-19,21,26H,13H2,1-2H3. The number of nitriles is 1. The zero-order valence-electron chi connectivity index (χ0n) is 16.7. The van der Waals surface area contributed by atoms with E-state index in [1.807, 2.05) is 44.2 Å². The van der Waals surface area contributed by atoms with Crippen molar-refractivity contribution in [2.45, 2.75) is 42.7 Å². The lowest BCUT2D eigenvalue weighted by Crippen LogP contribution is -2.61. The molecule has 1 amide bonds. The van der Waals surface area contributed by atoms with Gasteiger partial charge in [0.2, 0.25) is 5.91 Å². The number of amides is 1. The van der Waals surface area contributed by atoms with Gasteiger partial charge < -0.3 is 14.7 Å². The van der Waals surface area contributed by atoms with E-state index < -0.39 is 24.0 Å². The van der Waals surface area contributed by atoms with E-state index in [0.717, 1.165) is 5.56 Å². The van der Waals surface area contributed by atoms with Crippen LogP contribution in [0.15, 0.2) is 54.6 Å². The van der Waals surface area contributed by atoms with Crippen molar-refractivity contribution < 1.29 is 19.4 Å².